The van der Waals surface area contributed by atoms with Crippen LogP contribution in [0.15, 0.2) is 34.8 Å². The van der Waals surface area contributed by atoms with Crippen LogP contribution in [0, 0.1) is 0 Å². The number of carboxylic acids is 1. The predicted molar refractivity (Wildman–Crippen MR) is 78.0 cm³/mol. The van der Waals surface area contributed by atoms with Crippen LogP contribution in [0.5, 0.6) is 0 Å². The first-order valence-electron chi connectivity index (χ1n) is 5.19. The maximum atomic E-state index is 10.9. The molecule has 1 aromatic carbocycles. The van der Waals surface area contributed by atoms with Gasteiger partial charge in [-0.2, -0.15) is 0 Å². The molecule has 7 heteroatoms. The fraction of sp³-hybridized carbons (Fsp3) is 0. The molecule has 0 fully saturated rings. The number of halogens is 2. The second-order valence-electron chi connectivity index (χ2n) is 3.69. The van der Waals surface area contributed by atoms with Crippen LogP contribution in [0.3, 0.4) is 0 Å². The molecule has 0 aliphatic heterocycles. The Bertz CT molecular complexity index is 649. The molecule has 2 aromatic rings. The number of aromatic nitrogens is 1. The minimum Gasteiger partial charge on any atom is -0.477 e. The second-order valence-corrected chi connectivity index (χ2v) is 4.95. The lowest BCUT2D eigenvalue weighted by atomic mass is 10.3. The third-order valence-electron chi connectivity index (χ3n) is 2.33. The van der Waals surface area contributed by atoms with E-state index in [0.29, 0.717) is 20.9 Å². The van der Waals surface area contributed by atoms with Crippen molar-refractivity contribution < 1.29 is 9.90 Å². The van der Waals surface area contributed by atoms with E-state index in [1.807, 2.05) is 0 Å². The fourth-order valence-electron chi connectivity index (χ4n) is 1.40. The molecule has 0 aliphatic rings. The summed E-state index contributed by atoms with van der Waals surface area (Å²) in [5.41, 5.74) is 6.72. The molecule has 0 bridgehead atoms. The van der Waals surface area contributed by atoms with Gasteiger partial charge in [-0.05, 0) is 46.3 Å². The van der Waals surface area contributed by atoms with Crippen molar-refractivity contribution in [2.24, 2.45) is 0 Å². The lowest BCUT2D eigenvalue weighted by Crippen LogP contribution is -2.05. The van der Waals surface area contributed by atoms with Crippen molar-refractivity contribution in [1.29, 1.82) is 0 Å². The monoisotopic (exact) mass is 341 g/mol. The number of carboxylic acid groups (broad SMARTS) is 1. The molecule has 1 aromatic heterocycles. The summed E-state index contributed by atoms with van der Waals surface area (Å²) in [6.45, 7) is 0. The molecule has 0 saturated heterocycles. The number of carbonyl (C=O) groups is 1. The Morgan fingerprint density at radius 3 is 2.74 bits per heavy atom. The highest BCUT2D eigenvalue weighted by molar-refractivity contribution is 9.10. The molecule has 0 aliphatic carbocycles. The summed E-state index contributed by atoms with van der Waals surface area (Å²) in [6, 6.07) is 8.02. The molecule has 0 unspecified atom stereocenters. The molecule has 0 radical (unpaired) electrons. The zero-order valence-electron chi connectivity index (χ0n) is 9.52. The summed E-state index contributed by atoms with van der Waals surface area (Å²) < 4.78 is 0.715. The van der Waals surface area contributed by atoms with Crippen molar-refractivity contribution in [3.8, 4) is 0 Å². The standard InChI is InChI=1S/C12H9BrClN3O2/c13-7-5-6(1-2-8(7)14)16-11-9(15)3-4-10(17-11)12(18)19/h1-5H,15H2,(H,16,17)(H,18,19). The quantitative estimate of drug-likeness (QED) is 0.794. The largest absolute Gasteiger partial charge is 0.477 e. The van der Waals surface area contributed by atoms with Crippen LogP contribution in [0.2, 0.25) is 5.02 Å². The van der Waals surface area contributed by atoms with Gasteiger partial charge in [-0.3, -0.25) is 0 Å². The third kappa shape index (κ3) is 3.15. The van der Waals surface area contributed by atoms with Gasteiger partial charge in [0.2, 0.25) is 0 Å². The SMILES string of the molecule is Nc1ccc(C(=O)O)nc1Nc1ccc(Cl)c(Br)c1. The van der Waals surface area contributed by atoms with E-state index in [1.165, 1.54) is 12.1 Å². The zero-order valence-corrected chi connectivity index (χ0v) is 11.9. The summed E-state index contributed by atoms with van der Waals surface area (Å²) in [5.74, 6) is -0.825. The lowest BCUT2D eigenvalue weighted by molar-refractivity contribution is 0.0690. The van der Waals surface area contributed by atoms with E-state index >= 15 is 0 Å². The van der Waals surface area contributed by atoms with E-state index < -0.39 is 5.97 Å². The molecule has 4 N–H and O–H groups in total. The molecule has 2 rings (SSSR count). The normalized spacial score (nSPS) is 10.2. The number of hydrogen-bond acceptors (Lipinski definition) is 4. The summed E-state index contributed by atoms with van der Waals surface area (Å²) >= 11 is 9.19. The number of pyridine rings is 1. The van der Waals surface area contributed by atoms with Gasteiger partial charge in [-0.15, -0.1) is 0 Å². The van der Waals surface area contributed by atoms with Gasteiger partial charge in [0, 0.05) is 10.2 Å². The topological polar surface area (TPSA) is 88.2 Å². The van der Waals surface area contributed by atoms with Crippen LogP contribution in [-0.4, -0.2) is 16.1 Å². The highest BCUT2D eigenvalue weighted by atomic mass is 79.9. The molecular weight excluding hydrogens is 334 g/mol. The number of hydrogen-bond donors (Lipinski definition) is 3. The highest BCUT2D eigenvalue weighted by Gasteiger charge is 2.09. The van der Waals surface area contributed by atoms with Crippen molar-refractivity contribution in [2.75, 3.05) is 11.1 Å². The fourth-order valence-corrected chi connectivity index (χ4v) is 1.90. The molecule has 0 amide bonds. The first-order chi connectivity index (χ1) is 8.97. The Morgan fingerprint density at radius 1 is 1.37 bits per heavy atom. The van der Waals surface area contributed by atoms with Gasteiger partial charge in [0.1, 0.15) is 0 Å². The summed E-state index contributed by atoms with van der Waals surface area (Å²) in [4.78, 5) is 14.8. The van der Waals surface area contributed by atoms with Gasteiger partial charge in [0.25, 0.3) is 0 Å². The van der Waals surface area contributed by atoms with E-state index in [-0.39, 0.29) is 11.5 Å². The van der Waals surface area contributed by atoms with Crippen LogP contribution in [-0.2, 0) is 0 Å². The molecule has 0 atom stereocenters. The number of benzene rings is 1. The van der Waals surface area contributed by atoms with Gasteiger partial charge >= 0.3 is 5.97 Å². The van der Waals surface area contributed by atoms with Crippen molar-refractivity contribution in [3.05, 3.63) is 45.5 Å². The van der Waals surface area contributed by atoms with Crippen molar-refractivity contribution >= 4 is 50.7 Å². The Balaban J connectivity index is 2.34. The number of nitrogen functional groups attached to an aromatic ring is 1. The average Bonchev–Trinajstić information content (AvgIpc) is 2.36. The molecule has 0 spiro atoms. The number of aromatic carboxylic acids is 1. The maximum absolute atomic E-state index is 10.9. The molecule has 5 nitrogen and oxygen atoms in total. The number of nitrogens with two attached hydrogens (primary N) is 1. The van der Waals surface area contributed by atoms with Gasteiger partial charge in [0.15, 0.2) is 11.5 Å². The van der Waals surface area contributed by atoms with E-state index in [1.54, 1.807) is 18.2 Å². The van der Waals surface area contributed by atoms with Crippen LogP contribution in [0.25, 0.3) is 0 Å². The van der Waals surface area contributed by atoms with E-state index in [0.717, 1.165) is 0 Å². The average molecular weight is 343 g/mol. The molecule has 19 heavy (non-hydrogen) atoms. The minimum atomic E-state index is -1.11. The van der Waals surface area contributed by atoms with Gasteiger partial charge < -0.3 is 16.2 Å². The number of nitrogens with one attached hydrogen (secondary N) is 1. The Morgan fingerprint density at radius 2 is 2.11 bits per heavy atom. The Hall–Kier alpha value is -1.79. The molecule has 98 valence electrons. The smallest absolute Gasteiger partial charge is 0.354 e. The van der Waals surface area contributed by atoms with E-state index in [9.17, 15) is 4.79 Å². The first-order valence-corrected chi connectivity index (χ1v) is 6.36. The van der Waals surface area contributed by atoms with Crippen molar-refractivity contribution in [1.82, 2.24) is 4.98 Å². The van der Waals surface area contributed by atoms with E-state index in [4.69, 9.17) is 22.4 Å². The van der Waals surface area contributed by atoms with Crippen LogP contribution in [0.4, 0.5) is 17.2 Å². The zero-order chi connectivity index (χ0) is 14.0. The molecule has 1 heterocycles. The van der Waals surface area contributed by atoms with E-state index in [2.05, 4.69) is 26.2 Å². The number of nitrogens with zero attached hydrogens (tertiary/aromatic N) is 1. The van der Waals surface area contributed by atoms with Crippen LogP contribution >= 0.6 is 27.5 Å². The molecule has 0 saturated carbocycles. The number of anilines is 3. The van der Waals surface area contributed by atoms with Crippen molar-refractivity contribution in [2.45, 2.75) is 0 Å². The third-order valence-corrected chi connectivity index (χ3v) is 3.54. The second kappa shape index (κ2) is 5.46. The predicted octanol–water partition coefficient (Wildman–Crippen LogP) is 3.52. The highest BCUT2D eigenvalue weighted by Crippen LogP contribution is 2.28. The summed E-state index contributed by atoms with van der Waals surface area (Å²) in [6.07, 6.45) is 0. The van der Waals surface area contributed by atoms with Gasteiger partial charge in [0.05, 0.1) is 10.7 Å². The van der Waals surface area contributed by atoms with Gasteiger partial charge in [-0.25, -0.2) is 9.78 Å². The summed E-state index contributed by atoms with van der Waals surface area (Å²) in [5, 5.41) is 12.4. The van der Waals surface area contributed by atoms with Crippen molar-refractivity contribution in [3.63, 3.8) is 0 Å². The van der Waals surface area contributed by atoms with Gasteiger partial charge in [-0.1, -0.05) is 11.6 Å². The Labute approximate surface area is 122 Å². The Kier molecular flexibility index (Phi) is 3.92. The lowest BCUT2D eigenvalue weighted by Gasteiger charge is -2.09. The molecular formula is C12H9BrClN3O2. The first kappa shape index (κ1) is 13.6. The van der Waals surface area contributed by atoms with Crippen LogP contribution < -0.4 is 11.1 Å². The number of rotatable bonds is 3. The summed E-state index contributed by atoms with van der Waals surface area (Å²) in [7, 11) is 0. The van der Waals surface area contributed by atoms with Crippen LogP contribution in [0.1, 0.15) is 10.5 Å². The minimum absolute atomic E-state index is 0.0790. The maximum Gasteiger partial charge on any atom is 0.354 e.